The Hall–Kier alpha value is -1.27. The monoisotopic (exact) mass is 346 g/mol. The Kier molecular flexibility index (Phi) is 4.68. The molecule has 0 unspecified atom stereocenters. The Balaban J connectivity index is 1.30. The summed E-state index contributed by atoms with van der Waals surface area (Å²) in [6, 6.07) is 0.399. The van der Waals surface area contributed by atoms with Crippen molar-refractivity contribution in [2.45, 2.75) is 56.9 Å². The van der Waals surface area contributed by atoms with Gasteiger partial charge in [-0.25, -0.2) is 4.98 Å². The van der Waals surface area contributed by atoms with Crippen molar-refractivity contribution in [2.75, 3.05) is 12.0 Å². The normalized spacial score (nSPS) is 34.6. The van der Waals surface area contributed by atoms with E-state index in [1.165, 1.54) is 37.0 Å². The Morgan fingerprint density at radius 3 is 2.75 bits per heavy atom. The highest BCUT2D eigenvalue weighted by Gasteiger charge is 2.38. The van der Waals surface area contributed by atoms with Gasteiger partial charge >= 0.3 is 0 Å². The van der Waals surface area contributed by atoms with Gasteiger partial charge in [0, 0.05) is 23.0 Å². The lowest BCUT2D eigenvalue weighted by atomic mass is 9.64. The number of fused-ring (bicyclic) bond motifs is 3. The highest BCUT2D eigenvalue weighted by molar-refractivity contribution is 7.15. The molecule has 0 aromatic carbocycles. The van der Waals surface area contributed by atoms with Gasteiger partial charge in [0.25, 0.3) is 0 Å². The molecule has 0 saturated heterocycles. The fourth-order valence-corrected chi connectivity index (χ4v) is 5.67. The standard InChI is InChI=1S/C18H26N4OS/c1-19-10-21-14-7-13(8-14)17(23)22-18-20-9-16(24-18)15-6-11-2-4-12(15)5-3-11/h9,11-15,21H,1-8,10H2,(H,20,22,23)/t11?,12?,13-,14-,15-/m1/s1. The minimum absolute atomic E-state index is 0.102. The molecule has 4 aliphatic carbocycles. The SMILES string of the molecule is C=NCN[C@H]1C[C@H](C(=O)Nc2ncc([C@@H]3CC4CCC3CC4)s2)C1. The van der Waals surface area contributed by atoms with Crippen LogP contribution in [0.2, 0.25) is 0 Å². The number of carbonyl (C=O) groups is 1. The minimum atomic E-state index is 0.102. The van der Waals surface area contributed by atoms with E-state index >= 15 is 0 Å². The third kappa shape index (κ3) is 3.26. The lowest BCUT2D eigenvalue weighted by Crippen LogP contribution is -2.45. The van der Waals surface area contributed by atoms with Crippen LogP contribution < -0.4 is 10.6 Å². The molecule has 0 spiro atoms. The molecule has 2 bridgehead atoms. The smallest absolute Gasteiger partial charge is 0.229 e. The van der Waals surface area contributed by atoms with E-state index in [0.717, 1.165) is 29.8 Å². The van der Waals surface area contributed by atoms with E-state index in [0.29, 0.717) is 18.6 Å². The molecule has 1 aromatic heterocycles. The Labute approximate surface area is 147 Å². The van der Waals surface area contributed by atoms with Gasteiger partial charge in [0.05, 0.1) is 6.67 Å². The van der Waals surface area contributed by atoms with Gasteiger partial charge in [-0.1, -0.05) is 12.8 Å². The number of aromatic nitrogens is 1. The van der Waals surface area contributed by atoms with Gasteiger partial charge in [-0.05, 0) is 56.6 Å². The molecule has 0 radical (unpaired) electrons. The van der Waals surface area contributed by atoms with Gasteiger partial charge in [0.1, 0.15) is 0 Å². The lowest BCUT2D eigenvalue weighted by Gasteiger charge is -2.41. The average Bonchev–Trinajstić information content (AvgIpc) is 3.03. The largest absolute Gasteiger partial charge is 0.302 e. The molecule has 0 aliphatic heterocycles. The number of aliphatic imine (C=N–C) groups is 1. The van der Waals surface area contributed by atoms with E-state index in [2.05, 4.69) is 27.3 Å². The van der Waals surface area contributed by atoms with Gasteiger partial charge in [-0.3, -0.25) is 15.1 Å². The Morgan fingerprint density at radius 2 is 2.08 bits per heavy atom. The highest BCUT2D eigenvalue weighted by atomic mass is 32.1. The zero-order valence-electron chi connectivity index (χ0n) is 14.0. The quantitative estimate of drug-likeness (QED) is 0.776. The van der Waals surface area contributed by atoms with Gasteiger partial charge in [-0.2, -0.15) is 0 Å². The summed E-state index contributed by atoms with van der Waals surface area (Å²) in [6.07, 6.45) is 10.7. The van der Waals surface area contributed by atoms with Crippen molar-refractivity contribution < 1.29 is 4.79 Å². The maximum Gasteiger partial charge on any atom is 0.229 e. The third-order valence-electron chi connectivity index (χ3n) is 6.17. The predicted molar refractivity (Wildman–Crippen MR) is 97.6 cm³/mol. The zero-order valence-corrected chi connectivity index (χ0v) is 14.9. The second kappa shape index (κ2) is 6.92. The van der Waals surface area contributed by atoms with Gasteiger partial charge < -0.3 is 5.32 Å². The topological polar surface area (TPSA) is 66.4 Å². The number of carbonyl (C=O) groups excluding carboxylic acids is 1. The number of thiazole rings is 1. The highest BCUT2D eigenvalue weighted by Crippen LogP contribution is 2.50. The number of nitrogens with zero attached hydrogens (tertiary/aromatic N) is 2. The maximum atomic E-state index is 12.3. The van der Waals surface area contributed by atoms with E-state index < -0.39 is 0 Å². The van der Waals surface area contributed by atoms with Crippen LogP contribution in [0.5, 0.6) is 0 Å². The van der Waals surface area contributed by atoms with Crippen molar-refractivity contribution in [2.24, 2.45) is 22.7 Å². The molecule has 4 aliphatic rings. The number of rotatable bonds is 6. The van der Waals surface area contributed by atoms with E-state index in [4.69, 9.17) is 0 Å². The van der Waals surface area contributed by atoms with Crippen molar-refractivity contribution in [3.63, 3.8) is 0 Å². The molecular weight excluding hydrogens is 320 g/mol. The zero-order chi connectivity index (χ0) is 16.5. The molecule has 1 amide bonds. The second-order valence-corrected chi connectivity index (χ2v) is 8.69. The van der Waals surface area contributed by atoms with Crippen LogP contribution in [0, 0.1) is 17.8 Å². The number of hydrogen-bond donors (Lipinski definition) is 2. The van der Waals surface area contributed by atoms with Crippen molar-refractivity contribution in [3.05, 3.63) is 11.1 Å². The van der Waals surface area contributed by atoms with Crippen LogP contribution in [0.3, 0.4) is 0 Å². The van der Waals surface area contributed by atoms with Crippen molar-refractivity contribution >= 4 is 29.1 Å². The van der Waals surface area contributed by atoms with E-state index in [1.54, 1.807) is 11.3 Å². The van der Waals surface area contributed by atoms with Crippen LogP contribution in [0.1, 0.15) is 55.7 Å². The fourth-order valence-electron chi connectivity index (χ4n) is 4.64. The van der Waals surface area contributed by atoms with Crippen molar-refractivity contribution in [3.8, 4) is 0 Å². The summed E-state index contributed by atoms with van der Waals surface area (Å²) in [5.41, 5.74) is 0. The molecule has 2 N–H and O–H groups in total. The molecule has 24 heavy (non-hydrogen) atoms. The first-order valence-corrected chi connectivity index (χ1v) is 9.97. The maximum absolute atomic E-state index is 12.3. The van der Waals surface area contributed by atoms with Gasteiger partial charge in [-0.15, -0.1) is 11.3 Å². The second-order valence-electron chi connectivity index (χ2n) is 7.63. The van der Waals surface area contributed by atoms with Crippen LogP contribution in [-0.4, -0.2) is 30.3 Å². The van der Waals surface area contributed by atoms with Crippen LogP contribution in [-0.2, 0) is 4.79 Å². The Morgan fingerprint density at radius 1 is 1.29 bits per heavy atom. The number of amides is 1. The summed E-state index contributed by atoms with van der Waals surface area (Å²) in [5, 5.41) is 7.07. The van der Waals surface area contributed by atoms with Gasteiger partial charge in [0.15, 0.2) is 5.13 Å². The summed E-state index contributed by atoms with van der Waals surface area (Å²) in [6.45, 7) is 4.03. The molecule has 1 aromatic rings. The molecular formula is C18H26N4OS. The van der Waals surface area contributed by atoms with Crippen molar-refractivity contribution in [1.29, 1.82) is 0 Å². The lowest BCUT2D eigenvalue weighted by molar-refractivity contribution is -0.122. The van der Waals surface area contributed by atoms with Crippen LogP contribution in [0.4, 0.5) is 5.13 Å². The van der Waals surface area contributed by atoms with Crippen molar-refractivity contribution in [1.82, 2.24) is 10.3 Å². The number of anilines is 1. The summed E-state index contributed by atoms with van der Waals surface area (Å²) >= 11 is 1.69. The van der Waals surface area contributed by atoms with Crippen LogP contribution in [0.15, 0.2) is 11.2 Å². The predicted octanol–water partition coefficient (Wildman–Crippen LogP) is 3.40. The molecule has 6 heteroatoms. The summed E-state index contributed by atoms with van der Waals surface area (Å²) in [7, 11) is 0. The number of nitrogens with one attached hydrogen (secondary N) is 2. The molecule has 1 heterocycles. The Bertz CT molecular complexity index is 602. The third-order valence-corrected chi connectivity index (χ3v) is 7.21. The van der Waals surface area contributed by atoms with E-state index in [1.807, 2.05) is 6.20 Å². The molecule has 4 saturated carbocycles. The molecule has 5 nitrogen and oxygen atoms in total. The van der Waals surface area contributed by atoms with Gasteiger partial charge in [0.2, 0.25) is 5.91 Å². The minimum Gasteiger partial charge on any atom is -0.302 e. The fraction of sp³-hybridized carbons (Fsp3) is 0.722. The molecule has 5 rings (SSSR count). The first kappa shape index (κ1) is 16.2. The molecule has 1 atom stereocenters. The van der Waals surface area contributed by atoms with E-state index in [9.17, 15) is 4.79 Å². The van der Waals surface area contributed by atoms with Crippen LogP contribution >= 0.6 is 11.3 Å². The van der Waals surface area contributed by atoms with E-state index in [-0.39, 0.29) is 11.8 Å². The molecule has 4 fully saturated rings. The first-order chi connectivity index (χ1) is 11.7. The first-order valence-electron chi connectivity index (χ1n) is 9.15. The average molecular weight is 347 g/mol. The summed E-state index contributed by atoms with van der Waals surface area (Å²) in [4.78, 5) is 22.0. The molecule has 130 valence electrons. The summed E-state index contributed by atoms with van der Waals surface area (Å²) < 4.78 is 0. The number of hydrogen-bond acceptors (Lipinski definition) is 5. The summed E-state index contributed by atoms with van der Waals surface area (Å²) in [5.74, 6) is 2.67. The van der Waals surface area contributed by atoms with Crippen LogP contribution in [0.25, 0.3) is 0 Å².